The molecule has 1 N–H and O–H groups in total. The Labute approximate surface area is 160 Å². The zero-order chi connectivity index (χ0) is 18.9. The summed E-state index contributed by atoms with van der Waals surface area (Å²) in [5.74, 6) is 1.30. The van der Waals surface area contributed by atoms with Gasteiger partial charge in [0.25, 0.3) is 0 Å². The normalized spacial score (nSPS) is 35.3. The number of amides is 1. The molecule has 7 heteroatoms. The third-order valence-corrected chi connectivity index (χ3v) is 9.24. The first-order valence-electron chi connectivity index (χ1n) is 9.95. The summed E-state index contributed by atoms with van der Waals surface area (Å²) in [6.45, 7) is 3.21. The number of sulfonamides is 1. The van der Waals surface area contributed by atoms with Gasteiger partial charge in [0.2, 0.25) is 15.9 Å². The van der Waals surface area contributed by atoms with E-state index in [0.717, 1.165) is 36.9 Å². The van der Waals surface area contributed by atoms with Crippen molar-refractivity contribution < 1.29 is 18.3 Å². The Morgan fingerprint density at radius 3 is 2.67 bits per heavy atom. The van der Waals surface area contributed by atoms with Gasteiger partial charge in [-0.1, -0.05) is 6.07 Å². The zero-order valence-electron chi connectivity index (χ0n) is 15.5. The number of carbonyl (C=O) groups is 1. The topological polar surface area (TPSA) is 77.9 Å². The fraction of sp³-hybridized carbons (Fsp3) is 0.650. The zero-order valence-corrected chi connectivity index (χ0v) is 16.4. The van der Waals surface area contributed by atoms with Crippen LogP contribution in [0.1, 0.15) is 31.7 Å². The Bertz CT molecular complexity index is 899. The Kier molecular flexibility index (Phi) is 3.94. The van der Waals surface area contributed by atoms with Gasteiger partial charge in [-0.2, -0.15) is 4.31 Å². The van der Waals surface area contributed by atoms with Crippen LogP contribution in [0.5, 0.6) is 0 Å². The van der Waals surface area contributed by atoms with Crippen molar-refractivity contribution in [3.05, 3.63) is 23.8 Å². The molecule has 6 rings (SSSR count). The maximum atomic E-state index is 13.3. The number of anilines is 1. The summed E-state index contributed by atoms with van der Waals surface area (Å²) in [6, 6.07) is 5.20. The van der Waals surface area contributed by atoms with E-state index in [-0.39, 0.29) is 28.7 Å². The number of rotatable bonds is 2. The molecular weight excluding hydrogens is 364 g/mol. The van der Waals surface area contributed by atoms with E-state index in [1.165, 1.54) is 6.92 Å². The smallest absolute Gasteiger partial charge is 0.243 e. The molecule has 1 amide bonds. The Morgan fingerprint density at radius 2 is 1.93 bits per heavy atom. The minimum atomic E-state index is -3.59. The van der Waals surface area contributed by atoms with Gasteiger partial charge in [0.1, 0.15) is 0 Å². The molecule has 27 heavy (non-hydrogen) atoms. The van der Waals surface area contributed by atoms with Crippen LogP contribution in [0.3, 0.4) is 0 Å². The van der Waals surface area contributed by atoms with Crippen LogP contribution in [0.15, 0.2) is 23.1 Å². The second-order valence-electron chi connectivity index (χ2n) is 8.67. The van der Waals surface area contributed by atoms with Gasteiger partial charge in [-0.25, -0.2) is 8.42 Å². The van der Waals surface area contributed by atoms with Gasteiger partial charge in [-0.15, -0.1) is 0 Å². The molecule has 2 bridgehead atoms. The lowest BCUT2D eigenvalue weighted by molar-refractivity contribution is -0.116. The van der Waals surface area contributed by atoms with Gasteiger partial charge >= 0.3 is 0 Å². The highest BCUT2D eigenvalue weighted by Crippen LogP contribution is 2.52. The molecule has 0 aromatic heterocycles. The van der Waals surface area contributed by atoms with Crippen LogP contribution in [0.4, 0.5) is 5.69 Å². The minimum absolute atomic E-state index is 0.0546. The van der Waals surface area contributed by atoms with Gasteiger partial charge in [0.05, 0.1) is 11.0 Å². The summed E-state index contributed by atoms with van der Waals surface area (Å²) in [5.41, 5.74) is 1.76. The molecule has 2 aliphatic heterocycles. The number of carbonyl (C=O) groups excluding carboxylic acids is 1. The third-order valence-electron chi connectivity index (χ3n) is 7.41. The molecular formula is C20H26N2O4S. The van der Waals surface area contributed by atoms with Crippen LogP contribution >= 0.6 is 0 Å². The highest BCUT2D eigenvalue weighted by molar-refractivity contribution is 7.89. The van der Waals surface area contributed by atoms with Crippen molar-refractivity contribution in [2.75, 3.05) is 24.5 Å². The molecule has 5 aliphatic rings. The molecule has 0 radical (unpaired) electrons. The molecule has 146 valence electrons. The van der Waals surface area contributed by atoms with E-state index in [4.69, 9.17) is 0 Å². The molecule has 6 nitrogen and oxygen atoms in total. The average Bonchev–Trinajstić information content (AvgIpc) is 3.27. The molecule has 1 aromatic carbocycles. The lowest BCUT2D eigenvalue weighted by atomic mass is 9.58. The second kappa shape index (κ2) is 6.03. The number of aliphatic hydroxyl groups is 1. The molecule has 1 aromatic rings. The molecule has 2 heterocycles. The summed E-state index contributed by atoms with van der Waals surface area (Å²) in [7, 11) is -3.59. The van der Waals surface area contributed by atoms with Crippen LogP contribution in [0.25, 0.3) is 0 Å². The van der Waals surface area contributed by atoms with Crippen molar-refractivity contribution in [1.29, 1.82) is 0 Å². The second-order valence-corrected chi connectivity index (χ2v) is 10.6. The van der Waals surface area contributed by atoms with E-state index < -0.39 is 10.0 Å². The summed E-state index contributed by atoms with van der Waals surface area (Å²) in [4.78, 5) is 13.8. The summed E-state index contributed by atoms with van der Waals surface area (Å²) < 4.78 is 28.3. The highest BCUT2D eigenvalue weighted by atomic mass is 32.2. The molecule has 5 atom stereocenters. The minimum Gasteiger partial charge on any atom is -0.393 e. The van der Waals surface area contributed by atoms with Crippen LogP contribution in [0, 0.1) is 23.7 Å². The Balaban J connectivity index is 1.45. The number of aliphatic hydroxyl groups excluding tert-OH is 1. The fourth-order valence-electron chi connectivity index (χ4n) is 6.05. The maximum Gasteiger partial charge on any atom is 0.243 e. The lowest BCUT2D eigenvalue weighted by Crippen LogP contribution is -2.47. The summed E-state index contributed by atoms with van der Waals surface area (Å²) in [6.07, 6.45) is 3.46. The van der Waals surface area contributed by atoms with E-state index in [2.05, 4.69) is 0 Å². The maximum absolute atomic E-state index is 13.3. The highest BCUT2D eigenvalue weighted by Gasteiger charge is 2.53. The largest absolute Gasteiger partial charge is 0.393 e. The van der Waals surface area contributed by atoms with Crippen LogP contribution in [-0.2, 0) is 21.2 Å². The van der Waals surface area contributed by atoms with Crippen LogP contribution < -0.4 is 4.90 Å². The predicted molar refractivity (Wildman–Crippen MR) is 101 cm³/mol. The summed E-state index contributed by atoms with van der Waals surface area (Å²) in [5, 5.41) is 10.3. The van der Waals surface area contributed by atoms with Gasteiger partial charge in [0.15, 0.2) is 0 Å². The predicted octanol–water partition coefficient (Wildman–Crippen LogP) is 1.62. The lowest BCUT2D eigenvalue weighted by Gasteiger charge is -2.47. The number of benzene rings is 1. The van der Waals surface area contributed by atoms with E-state index >= 15 is 0 Å². The molecule has 1 saturated heterocycles. The number of hydrogen-bond acceptors (Lipinski definition) is 4. The van der Waals surface area contributed by atoms with Gasteiger partial charge in [-0.3, -0.25) is 4.79 Å². The first kappa shape index (κ1) is 17.6. The average molecular weight is 391 g/mol. The van der Waals surface area contributed by atoms with Crippen molar-refractivity contribution in [2.45, 2.75) is 43.6 Å². The number of nitrogens with zero attached hydrogens (tertiary/aromatic N) is 2. The van der Waals surface area contributed by atoms with Gasteiger partial charge < -0.3 is 10.0 Å². The van der Waals surface area contributed by atoms with Gasteiger partial charge in [-0.05, 0) is 67.1 Å². The molecule has 0 spiro atoms. The third kappa shape index (κ3) is 2.58. The first-order valence-corrected chi connectivity index (χ1v) is 11.4. The van der Waals surface area contributed by atoms with Gasteiger partial charge in [0, 0.05) is 32.2 Å². The summed E-state index contributed by atoms with van der Waals surface area (Å²) >= 11 is 0. The fourth-order valence-corrected chi connectivity index (χ4v) is 7.58. The van der Waals surface area contributed by atoms with Crippen molar-refractivity contribution in [3.8, 4) is 0 Å². The molecule has 3 saturated carbocycles. The quantitative estimate of drug-likeness (QED) is 0.832. The van der Waals surface area contributed by atoms with E-state index in [1.54, 1.807) is 21.3 Å². The standard InChI is InChI=1S/C20H26N2O4S/c1-12(23)22-7-6-13-2-4-15(9-19(13)22)27(25,26)21-10-17-14-3-5-16(18(17)11-21)20(24)8-14/h2,4,9,14,16-18,20,24H,3,5-8,10-11H2,1H3/t14-,16-,17+,18-,20-/m1/s1. The number of fused-ring (bicyclic) bond motifs is 3. The van der Waals surface area contributed by atoms with E-state index in [9.17, 15) is 18.3 Å². The molecule has 4 fully saturated rings. The van der Waals surface area contributed by atoms with E-state index in [1.807, 2.05) is 6.07 Å². The Morgan fingerprint density at radius 1 is 1.15 bits per heavy atom. The van der Waals surface area contributed by atoms with Crippen molar-refractivity contribution >= 4 is 21.6 Å². The monoisotopic (exact) mass is 390 g/mol. The van der Waals surface area contributed by atoms with Crippen LogP contribution in [-0.4, -0.2) is 49.5 Å². The van der Waals surface area contributed by atoms with E-state index in [0.29, 0.717) is 31.5 Å². The SMILES string of the molecule is CC(=O)N1CCc2ccc(S(=O)(=O)N3C[C@@H]4[C@H]5CC[C@H](C[C@H]5O)[C@@H]4C3)cc21. The van der Waals surface area contributed by atoms with Crippen molar-refractivity contribution in [1.82, 2.24) is 4.31 Å². The van der Waals surface area contributed by atoms with Crippen LogP contribution in [0.2, 0.25) is 0 Å². The van der Waals surface area contributed by atoms with Crippen molar-refractivity contribution in [3.63, 3.8) is 0 Å². The van der Waals surface area contributed by atoms with Crippen molar-refractivity contribution in [2.24, 2.45) is 23.7 Å². The molecule has 0 unspecified atom stereocenters. The number of hydrogen-bond donors (Lipinski definition) is 1. The molecule has 3 aliphatic carbocycles. The first-order chi connectivity index (χ1) is 12.9. The Hall–Kier alpha value is -1.44.